The van der Waals surface area contributed by atoms with Gasteiger partial charge in [-0.25, -0.2) is 8.42 Å². The van der Waals surface area contributed by atoms with Crippen molar-refractivity contribution in [3.8, 4) is 0 Å². The van der Waals surface area contributed by atoms with Crippen molar-refractivity contribution in [1.29, 1.82) is 0 Å². The number of nitrogens with zero attached hydrogens (tertiary/aromatic N) is 2. The minimum absolute atomic E-state index is 0.00407. The van der Waals surface area contributed by atoms with E-state index in [0.717, 1.165) is 10.6 Å². The molecular formula is C25H31Cl2N3O5S. The van der Waals surface area contributed by atoms with E-state index in [1.807, 2.05) is 13.8 Å². The van der Waals surface area contributed by atoms with Crippen molar-refractivity contribution in [2.75, 3.05) is 17.1 Å². The molecule has 0 aromatic heterocycles. The normalized spacial score (nSPS) is 13.0. The van der Waals surface area contributed by atoms with Gasteiger partial charge in [0.25, 0.3) is 0 Å². The molecule has 0 aliphatic carbocycles. The predicted octanol–water partition coefficient (Wildman–Crippen LogP) is 4.29. The molecule has 0 spiro atoms. The highest BCUT2D eigenvalue weighted by Crippen LogP contribution is 2.25. The smallest absolute Gasteiger partial charge is 0.244 e. The molecule has 2 aromatic carbocycles. The Hall–Kier alpha value is -2.62. The van der Waals surface area contributed by atoms with E-state index in [4.69, 9.17) is 23.2 Å². The van der Waals surface area contributed by atoms with Gasteiger partial charge >= 0.3 is 0 Å². The molecule has 0 radical (unpaired) electrons. The zero-order valence-corrected chi connectivity index (χ0v) is 23.2. The van der Waals surface area contributed by atoms with Crippen molar-refractivity contribution < 1.29 is 22.8 Å². The van der Waals surface area contributed by atoms with Crippen LogP contribution < -0.4 is 9.62 Å². The van der Waals surface area contributed by atoms with Gasteiger partial charge in [-0.15, -0.1) is 0 Å². The Morgan fingerprint density at radius 3 is 2.25 bits per heavy atom. The van der Waals surface area contributed by atoms with Crippen LogP contribution in [-0.4, -0.2) is 55.8 Å². The van der Waals surface area contributed by atoms with Crippen molar-refractivity contribution >= 4 is 56.5 Å². The molecule has 11 heteroatoms. The van der Waals surface area contributed by atoms with Gasteiger partial charge in [0.2, 0.25) is 21.8 Å². The lowest BCUT2D eigenvalue weighted by Gasteiger charge is -2.32. The second-order valence-electron chi connectivity index (χ2n) is 8.64. The second-order valence-corrected chi connectivity index (χ2v) is 11.4. The molecule has 2 aromatic rings. The summed E-state index contributed by atoms with van der Waals surface area (Å²) in [5.41, 5.74) is 1.10. The van der Waals surface area contributed by atoms with Crippen molar-refractivity contribution in [2.24, 2.45) is 0 Å². The number of benzene rings is 2. The Morgan fingerprint density at radius 2 is 1.69 bits per heavy atom. The van der Waals surface area contributed by atoms with Gasteiger partial charge in [0, 0.05) is 18.2 Å². The third-order valence-electron chi connectivity index (χ3n) is 5.73. The maximum Gasteiger partial charge on any atom is 0.244 e. The van der Waals surface area contributed by atoms with E-state index in [2.05, 4.69) is 5.32 Å². The Labute approximate surface area is 222 Å². The standard InChI is InChI=1S/C25H31Cl2N3O5S/c1-6-16(2)28-25(33)17(3)29(14-19-10-11-22(26)23(27)12-19)24(32)15-30(36(5,34)35)21-9-7-8-20(13-21)18(4)31/h7-13,16-17H,6,14-15H2,1-5H3,(H,28,33)/t16-,17-/m1/s1. The van der Waals surface area contributed by atoms with Gasteiger partial charge in [-0.05, 0) is 57.0 Å². The first-order valence-corrected chi connectivity index (χ1v) is 14.0. The van der Waals surface area contributed by atoms with Gasteiger partial charge in [0.05, 0.1) is 22.0 Å². The van der Waals surface area contributed by atoms with Gasteiger partial charge in [-0.1, -0.05) is 48.3 Å². The molecule has 0 saturated carbocycles. The lowest BCUT2D eigenvalue weighted by molar-refractivity contribution is -0.139. The fourth-order valence-corrected chi connectivity index (χ4v) is 4.54. The summed E-state index contributed by atoms with van der Waals surface area (Å²) in [6.45, 7) is 6.15. The molecule has 0 unspecified atom stereocenters. The number of hydrogen-bond donors (Lipinski definition) is 1. The number of Topliss-reactive ketones (excluding diaryl/α,β-unsaturated/α-hetero) is 1. The molecule has 0 aliphatic rings. The Kier molecular flexibility index (Phi) is 10.3. The number of sulfonamides is 1. The average molecular weight is 557 g/mol. The fourth-order valence-electron chi connectivity index (χ4n) is 3.38. The van der Waals surface area contributed by atoms with E-state index in [-0.39, 0.29) is 35.0 Å². The van der Waals surface area contributed by atoms with Crippen LogP contribution in [-0.2, 0) is 26.2 Å². The van der Waals surface area contributed by atoms with Crippen LogP contribution in [0.3, 0.4) is 0 Å². The highest BCUT2D eigenvalue weighted by atomic mass is 35.5. The van der Waals surface area contributed by atoms with Gasteiger partial charge in [0.15, 0.2) is 5.78 Å². The van der Waals surface area contributed by atoms with Crippen molar-refractivity contribution in [1.82, 2.24) is 10.2 Å². The van der Waals surface area contributed by atoms with E-state index in [1.165, 1.54) is 24.0 Å². The third kappa shape index (κ3) is 7.94. The molecule has 2 amide bonds. The first kappa shape index (κ1) is 29.6. The summed E-state index contributed by atoms with van der Waals surface area (Å²) in [5.74, 6) is -1.22. The number of hydrogen-bond acceptors (Lipinski definition) is 5. The summed E-state index contributed by atoms with van der Waals surface area (Å²) >= 11 is 12.2. The third-order valence-corrected chi connectivity index (χ3v) is 7.60. The second kappa shape index (κ2) is 12.6. The van der Waals surface area contributed by atoms with Crippen molar-refractivity contribution in [2.45, 2.75) is 52.7 Å². The molecule has 196 valence electrons. The molecule has 8 nitrogen and oxygen atoms in total. The average Bonchev–Trinajstić information content (AvgIpc) is 2.81. The van der Waals surface area contributed by atoms with Crippen LogP contribution in [0.1, 0.15) is 50.0 Å². The zero-order valence-electron chi connectivity index (χ0n) is 20.9. The largest absolute Gasteiger partial charge is 0.352 e. The van der Waals surface area contributed by atoms with Crippen LogP contribution in [0.25, 0.3) is 0 Å². The summed E-state index contributed by atoms with van der Waals surface area (Å²) in [6, 6.07) is 9.86. The van der Waals surface area contributed by atoms with Crippen LogP contribution >= 0.6 is 23.2 Å². The van der Waals surface area contributed by atoms with E-state index in [0.29, 0.717) is 22.6 Å². The van der Waals surface area contributed by atoms with E-state index < -0.39 is 28.5 Å². The molecule has 0 bridgehead atoms. The van der Waals surface area contributed by atoms with Crippen LogP contribution in [0.15, 0.2) is 42.5 Å². The monoisotopic (exact) mass is 555 g/mol. The number of ketones is 1. The number of carbonyl (C=O) groups is 3. The topological polar surface area (TPSA) is 104 Å². The zero-order chi connectivity index (χ0) is 27.2. The highest BCUT2D eigenvalue weighted by Gasteiger charge is 2.30. The van der Waals surface area contributed by atoms with E-state index in [1.54, 1.807) is 37.3 Å². The molecule has 2 atom stereocenters. The predicted molar refractivity (Wildman–Crippen MR) is 143 cm³/mol. The Bertz CT molecular complexity index is 1240. The Morgan fingerprint density at radius 1 is 1.03 bits per heavy atom. The number of amides is 2. The first-order chi connectivity index (χ1) is 16.7. The van der Waals surface area contributed by atoms with Gasteiger partial charge in [-0.2, -0.15) is 0 Å². The summed E-state index contributed by atoms with van der Waals surface area (Å²) in [7, 11) is -3.91. The van der Waals surface area contributed by atoms with Crippen molar-refractivity contribution in [3.63, 3.8) is 0 Å². The summed E-state index contributed by atoms with van der Waals surface area (Å²) in [6.07, 6.45) is 1.68. The molecule has 0 aliphatic heterocycles. The lowest BCUT2D eigenvalue weighted by atomic mass is 10.1. The molecule has 0 saturated heterocycles. The molecule has 1 N–H and O–H groups in total. The first-order valence-electron chi connectivity index (χ1n) is 11.4. The number of halogens is 2. The summed E-state index contributed by atoms with van der Waals surface area (Å²) < 4.78 is 26.2. The van der Waals surface area contributed by atoms with E-state index in [9.17, 15) is 22.8 Å². The maximum atomic E-state index is 13.6. The number of rotatable bonds is 11. The Balaban J connectivity index is 2.45. The molecule has 36 heavy (non-hydrogen) atoms. The SMILES string of the molecule is CC[C@@H](C)NC(=O)[C@@H](C)N(Cc1ccc(Cl)c(Cl)c1)C(=O)CN(c1cccc(C(C)=O)c1)S(C)(=O)=O. The van der Waals surface area contributed by atoms with Crippen molar-refractivity contribution in [3.05, 3.63) is 63.6 Å². The minimum Gasteiger partial charge on any atom is -0.352 e. The molecule has 0 fully saturated rings. The lowest BCUT2D eigenvalue weighted by Crippen LogP contribution is -2.52. The summed E-state index contributed by atoms with van der Waals surface area (Å²) in [5, 5.41) is 3.49. The quantitative estimate of drug-likeness (QED) is 0.416. The van der Waals surface area contributed by atoms with Crippen LogP contribution in [0.2, 0.25) is 10.0 Å². The summed E-state index contributed by atoms with van der Waals surface area (Å²) in [4.78, 5) is 39.6. The van der Waals surface area contributed by atoms with Gasteiger partial charge in [0.1, 0.15) is 12.6 Å². The number of nitrogens with one attached hydrogen (secondary N) is 1. The highest BCUT2D eigenvalue weighted by molar-refractivity contribution is 7.92. The number of anilines is 1. The molecule has 0 heterocycles. The number of carbonyl (C=O) groups excluding carboxylic acids is 3. The molecule has 2 rings (SSSR count). The minimum atomic E-state index is -3.91. The van der Waals surface area contributed by atoms with Crippen LogP contribution in [0, 0.1) is 0 Å². The van der Waals surface area contributed by atoms with E-state index >= 15 is 0 Å². The van der Waals surface area contributed by atoms with Crippen LogP contribution in [0.5, 0.6) is 0 Å². The van der Waals surface area contributed by atoms with Crippen LogP contribution in [0.4, 0.5) is 5.69 Å². The fraction of sp³-hybridized carbons (Fsp3) is 0.400. The van der Waals surface area contributed by atoms with Gasteiger partial charge in [-0.3, -0.25) is 18.7 Å². The van der Waals surface area contributed by atoms with Gasteiger partial charge < -0.3 is 10.2 Å². The molecular weight excluding hydrogens is 525 g/mol. The maximum absolute atomic E-state index is 13.6.